The molecule has 1 heterocycles. The van der Waals surface area contributed by atoms with Crippen LogP contribution in [0.4, 0.5) is 4.79 Å². The van der Waals surface area contributed by atoms with Crippen LogP contribution in [0, 0.1) is 0 Å². The third kappa shape index (κ3) is 2.62. The van der Waals surface area contributed by atoms with Crippen LogP contribution in [0.1, 0.15) is 32.6 Å². The number of ether oxygens (including phenoxy) is 1. The van der Waals surface area contributed by atoms with E-state index in [4.69, 9.17) is 4.74 Å². The predicted molar refractivity (Wildman–Crippen MR) is 57.8 cm³/mol. The van der Waals surface area contributed by atoms with Crippen molar-refractivity contribution in [3.05, 3.63) is 0 Å². The molecule has 2 rings (SSSR count). The molecule has 0 aromatic rings. The van der Waals surface area contributed by atoms with Crippen LogP contribution in [0.15, 0.2) is 0 Å². The lowest BCUT2D eigenvalue weighted by atomic mass is 10.2. The van der Waals surface area contributed by atoms with E-state index in [0.717, 1.165) is 19.4 Å². The van der Waals surface area contributed by atoms with Gasteiger partial charge in [-0.1, -0.05) is 12.8 Å². The average Bonchev–Trinajstić information content (AvgIpc) is 2.71. The minimum Gasteiger partial charge on any atom is -0.377 e. The molecule has 2 fully saturated rings. The van der Waals surface area contributed by atoms with Crippen molar-refractivity contribution < 1.29 is 9.53 Å². The Kier molecular flexibility index (Phi) is 3.46. The second kappa shape index (κ2) is 4.84. The van der Waals surface area contributed by atoms with Crippen molar-refractivity contribution in [2.45, 2.75) is 44.7 Å². The lowest BCUT2D eigenvalue weighted by molar-refractivity contribution is 0.0184. The van der Waals surface area contributed by atoms with Gasteiger partial charge in [0, 0.05) is 12.6 Å². The SMILES string of the molecule is CC1COCCN1C(=O)NC1CCCC1. The van der Waals surface area contributed by atoms with E-state index in [1.54, 1.807) is 0 Å². The van der Waals surface area contributed by atoms with Crippen LogP contribution in [0.2, 0.25) is 0 Å². The molecular weight excluding hydrogens is 192 g/mol. The number of amides is 2. The Morgan fingerprint density at radius 1 is 1.40 bits per heavy atom. The molecule has 0 aromatic carbocycles. The van der Waals surface area contributed by atoms with Crippen LogP contribution in [0.5, 0.6) is 0 Å². The molecule has 4 heteroatoms. The summed E-state index contributed by atoms with van der Waals surface area (Å²) in [4.78, 5) is 13.8. The number of urea groups is 1. The Morgan fingerprint density at radius 2 is 2.13 bits per heavy atom. The lowest BCUT2D eigenvalue weighted by Gasteiger charge is -2.34. The van der Waals surface area contributed by atoms with E-state index in [1.807, 2.05) is 11.8 Å². The van der Waals surface area contributed by atoms with E-state index < -0.39 is 0 Å². The van der Waals surface area contributed by atoms with Crippen LogP contribution in [0.25, 0.3) is 0 Å². The standard InChI is InChI=1S/C11H20N2O2/c1-9-8-15-7-6-13(9)11(14)12-10-4-2-3-5-10/h9-10H,2-8H2,1H3,(H,12,14). The zero-order chi connectivity index (χ0) is 10.7. The number of nitrogens with one attached hydrogen (secondary N) is 1. The number of morpholine rings is 1. The number of rotatable bonds is 1. The molecule has 0 aromatic heterocycles. The maximum Gasteiger partial charge on any atom is 0.318 e. The van der Waals surface area contributed by atoms with Crippen molar-refractivity contribution in [1.82, 2.24) is 10.2 Å². The molecule has 1 unspecified atom stereocenters. The molecule has 1 aliphatic carbocycles. The van der Waals surface area contributed by atoms with Crippen LogP contribution < -0.4 is 5.32 Å². The summed E-state index contributed by atoms with van der Waals surface area (Å²) in [6, 6.07) is 0.713. The fraction of sp³-hybridized carbons (Fsp3) is 0.909. The maximum absolute atomic E-state index is 11.9. The Bertz CT molecular complexity index is 227. The van der Waals surface area contributed by atoms with Crippen molar-refractivity contribution >= 4 is 6.03 Å². The van der Waals surface area contributed by atoms with Gasteiger partial charge in [0.1, 0.15) is 0 Å². The van der Waals surface area contributed by atoms with E-state index >= 15 is 0 Å². The van der Waals surface area contributed by atoms with Gasteiger partial charge in [0.2, 0.25) is 0 Å². The van der Waals surface area contributed by atoms with Gasteiger partial charge in [-0.15, -0.1) is 0 Å². The molecule has 1 aliphatic heterocycles. The topological polar surface area (TPSA) is 41.6 Å². The van der Waals surface area contributed by atoms with Crippen molar-refractivity contribution in [1.29, 1.82) is 0 Å². The highest BCUT2D eigenvalue weighted by molar-refractivity contribution is 5.75. The summed E-state index contributed by atoms with van der Waals surface area (Å²) in [7, 11) is 0. The summed E-state index contributed by atoms with van der Waals surface area (Å²) in [5.74, 6) is 0. The average molecular weight is 212 g/mol. The Balaban J connectivity index is 1.83. The van der Waals surface area contributed by atoms with Crippen molar-refractivity contribution in [2.75, 3.05) is 19.8 Å². The van der Waals surface area contributed by atoms with Gasteiger partial charge in [-0.05, 0) is 19.8 Å². The van der Waals surface area contributed by atoms with E-state index in [1.165, 1.54) is 12.8 Å². The summed E-state index contributed by atoms with van der Waals surface area (Å²) in [5.41, 5.74) is 0. The van der Waals surface area contributed by atoms with Crippen molar-refractivity contribution in [2.24, 2.45) is 0 Å². The van der Waals surface area contributed by atoms with Gasteiger partial charge in [0.25, 0.3) is 0 Å². The van der Waals surface area contributed by atoms with E-state index in [2.05, 4.69) is 5.32 Å². The van der Waals surface area contributed by atoms with Crippen molar-refractivity contribution in [3.8, 4) is 0 Å². The zero-order valence-corrected chi connectivity index (χ0v) is 9.37. The van der Waals surface area contributed by atoms with Crippen LogP contribution in [-0.4, -0.2) is 42.8 Å². The molecule has 1 atom stereocenters. The van der Waals surface area contributed by atoms with Crippen molar-refractivity contribution in [3.63, 3.8) is 0 Å². The van der Waals surface area contributed by atoms with Gasteiger partial charge in [-0.25, -0.2) is 4.79 Å². The highest BCUT2D eigenvalue weighted by Gasteiger charge is 2.26. The zero-order valence-electron chi connectivity index (χ0n) is 9.37. The number of carbonyl (C=O) groups excluding carboxylic acids is 1. The molecule has 4 nitrogen and oxygen atoms in total. The molecule has 86 valence electrons. The molecular formula is C11H20N2O2. The van der Waals surface area contributed by atoms with E-state index in [0.29, 0.717) is 19.3 Å². The third-order valence-corrected chi connectivity index (χ3v) is 3.31. The Morgan fingerprint density at radius 3 is 2.80 bits per heavy atom. The number of hydrogen-bond donors (Lipinski definition) is 1. The Labute approximate surface area is 91.0 Å². The summed E-state index contributed by atoms with van der Waals surface area (Å²) in [6.07, 6.45) is 4.79. The van der Waals surface area contributed by atoms with E-state index in [-0.39, 0.29) is 12.1 Å². The highest BCUT2D eigenvalue weighted by atomic mass is 16.5. The summed E-state index contributed by atoms with van der Waals surface area (Å²) < 4.78 is 5.31. The normalized spacial score (nSPS) is 28.1. The largest absolute Gasteiger partial charge is 0.377 e. The molecule has 15 heavy (non-hydrogen) atoms. The van der Waals surface area contributed by atoms with Crippen LogP contribution >= 0.6 is 0 Å². The number of carbonyl (C=O) groups is 1. The molecule has 2 aliphatic rings. The summed E-state index contributed by atoms with van der Waals surface area (Å²) in [5, 5.41) is 3.11. The first-order valence-corrected chi connectivity index (χ1v) is 5.92. The minimum absolute atomic E-state index is 0.0951. The maximum atomic E-state index is 11.9. The molecule has 2 amide bonds. The van der Waals surface area contributed by atoms with E-state index in [9.17, 15) is 4.79 Å². The third-order valence-electron chi connectivity index (χ3n) is 3.31. The van der Waals surface area contributed by atoms with Gasteiger partial charge >= 0.3 is 6.03 Å². The number of nitrogens with zero attached hydrogens (tertiary/aromatic N) is 1. The second-order valence-electron chi connectivity index (χ2n) is 4.55. The Hall–Kier alpha value is -0.770. The quantitative estimate of drug-likeness (QED) is 0.713. The molecule has 1 saturated carbocycles. The first-order chi connectivity index (χ1) is 7.27. The smallest absolute Gasteiger partial charge is 0.318 e. The fourth-order valence-corrected chi connectivity index (χ4v) is 2.36. The molecule has 0 radical (unpaired) electrons. The van der Waals surface area contributed by atoms with Gasteiger partial charge in [-0.2, -0.15) is 0 Å². The fourth-order valence-electron chi connectivity index (χ4n) is 2.36. The van der Waals surface area contributed by atoms with Gasteiger partial charge in [0.05, 0.1) is 19.3 Å². The predicted octanol–water partition coefficient (Wildman–Crippen LogP) is 1.36. The highest BCUT2D eigenvalue weighted by Crippen LogP contribution is 2.18. The van der Waals surface area contributed by atoms with Gasteiger partial charge < -0.3 is 15.0 Å². The molecule has 1 N–H and O–H groups in total. The second-order valence-corrected chi connectivity index (χ2v) is 4.55. The van der Waals surface area contributed by atoms with Gasteiger partial charge in [0.15, 0.2) is 0 Å². The first-order valence-electron chi connectivity index (χ1n) is 5.92. The number of hydrogen-bond acceptors (Lipinski definition) is 2. The van der Waals surface area contributed by atoms with Crippen LogP contribution in [0.3, 0.4) is 0 Å². The molecule has 1 saturated heterocycles. The van der Waals surface area contributed by atoms with Gasteiger partial charge in [-0.3, -0.25) is 0 Å². The summed E-state index contributed by atoms with van der Waals surface area (Å²) >= 11 is 0. The molecule has 0 bridgehead atoms. The first kappa shape index (κ1) is 10.7. The lowest BCUT2D eigenvalue weighted by Crippen LogP contribution is -2.52. The molecule has 0 spiro atoms. The minimum atomic E-state index is 0.0951. The monoisotopic (exact) mass is 212 g/mol. The van der Waals surface area contributed by atoms with Crippen LogP contribution in [-0.2, 0) is 4.74 Å². The summed E-state index contributed by atoms with van der Waals surface area (Å²) in [6.45, 7) is 4.09.